The average Bonchev–Trinajstić information content (AvgIpc) is 2.56. The van der Waals surface area contributed by atoms with Gasteiger partial charge in [-0.05, 0) is 25.0 Å². The van der Waals surface area contributed by atoms with E-state index in [1.807, 2.05) is 0 Å². The Morgan fingerprint density at radius 3 is 2.62 bits per heavy atom. The molecule has 9 nitrogen and oxygen atoms in total. The molecule has 2 rings (SSSR count). The quantitative estimate of drug-likeness (QED) is 0.317. The van der Waals surface area contributed by atoms with Crippen LogP contribution in [-0.4, -0.2) is 41.7 Å². The molecule has 1 saturated heterocycles. The van der Waals surface area contributed by atoms with Gasteiger partial charge in [0.1, 0.15) is 6.04 Å². The Kier molecular flexibility index (Phi) is 5.27. The van der Waals surface area contributed by atoms with E-state index in [0.717, 1.165) is 5.01 Å². The molecule has 128 valence electrons. The lowest BCUT2D eigenvalue weighted by Gasteiger charge is -2.32. The number of carbonyl (C=O) groups is 4. The Balaban J connectivity index is 2.41. The van der Waals surface area contributed by atoms with Gasteiger partial charge < -0.3 is 5.32 Å². The fourth-order valence-electron chi connectivity index (χ4n) is 2.61. The van der Waals surface area contributed by atoms with Crippen molar-refractivity contribution < 1.29 is 19.2 Å². The molecule has 9 heteroatoms. The van der Waals surface area contributed by atoms with Gasteiger partial charge in [0.2, 0.25) is 5.91 Å². The number of hydrazine groups is 2. The van der Waals surface area contributed by atoms with E-state index in [1.54, 1.807) is 19.1 Å². The van der Waals surface area contributed by atoms with Crippen LogP contribution in [0.4, 0.5) is 0 Å². The number of aryl methyl sites for hydroxylation is 1. The molecule has 1 unspecified atom stereocenters. The minimum Gasteiger partial charge on any atom is -0.355 e. The van der Waals surface area contributed by atoms with E-state index >= 15 is 0 Å². The van der Waals surface area contributed by atoms with Crippen molar-refractivity contribution in [2.24, 2.45) is 5.84 Å². The molecular formula is C15H19N5O4. The molecule has 1 fully saturated rings. The lowest BCUT2D eigenvalue weighted by Crippen LogP contribution is -2.60. The van der Waals surface area contributed by atoms with Crippen LogP contribution in [0.1, 0.15) is 39.1 Å². The molecule has 1 aromatic carbocycles. The SMILES string of the molecule is CNC(=O)c1cccc(C)c1C(=O)N(NN)C1CCC(=O)NC1=O. The van der Waals surface area contributed by atoms with Gasteiger partial charge in [-0.1, -0.05) is 12.1 Å². The zero-order valence-corrected chi connectivity index (χ0v) is 13.4. The molecule has 5 N–H and O–H groups in total. The van der Waals surface area contributed by atoms with Crippen LogP contribution in [0.25, 0.3) is 0 Å². The molecule has 0 saturated carbocycles. The van der Waals surface area contributed by atoms with Crippen molar-refractivity contribution >= 4 is 23.6 Å². The number of piperidine rings is 1. The van der Waals surface area contributed by atoms with E-state index in [9.17, 15) is 19.2 Å². The first-order chi connectivity index (χ1) is 11.4. The zero-order valence-electron chi connectivity index (χ0n) is 13.4. The van der Waals surface area contributed by atoms with Crippen LogP contribution in [0.3, 0.4) is 0 Å². The third kappa shape index (κ3) is 3.26. The monoisotopic (exact) mass is 333 g/mol. The van der Waals surface area contributed by atoms with Gasteiger partial charge in [0, 0.05) is 13.5 Å². The van der Waals surface area contributed by atoms with Crippen LogP contribution in [-0.2, 0) is 9.59 Å². The zero-order chi connectivity index (χ0) is 17.9. The lowest BCUT2D eigenvalue weighted by atomic mass is 9.98. The normalized spacial score (nSPS) is 17.2. The predicted octanol–water partition coefficient (Wildman–Crippen LogP) is -1.02. The highest BCUT2D eigenvalue weighted by atomic mass is 16.2. The lowest BCUT2D eigenvalue weighted by molar-refractivity contribution is -0.137. The molecule has 0 aromatic heterocycles. The van der Waals surface area contributed by atoms with Crippen molar-refractivity contribution in [2.75, 3.05) is 7.05 Å². The van der Waals surface area contributed by atoms with Crippen molar-refractivity contribution in [2.45, 2.75) is 25.8 Å². The average molecular weight is 333 g/mol. The predicted molar refractivity (Wildman–Crippen MR) is 84.2 cm³/mol. The van der Waals surface area contributed by atoms with Crippen molar-refractivity contribution in [3.8, 4) is 0 Å². The van der Waals surface area contributed by atoms with Gasteiger partial charge in [-0.15, -0.1) is 0 Å². The van der Waals surface area contributed by atoms with Gasteiger partial charge in [-0.2, -0.15) is 5.53 Å². The maximum atomic E-state index is 12.9. The third-order valence-corrected chi connectivity index (χ3v) is 3.84. The number of nitrogens with one attached hydrogen (secondary N) is 3. The van der Waals surface area contributed by atoms with Crippen molar-refractivity contribution in [1.82, 2.24) is 21.2 Å². The van der Waals surface area contributed by atoms with Gasteiger partial charge >= 0.3 is 0 Å². The van der Waals surface area contributed by atoms with Gasteiger partial charge in [-0.3, -0.25) is 30.3 Å². The van der Waals surface area contributed by atoms with Crippen LogP contribution >= 0.6 is 0 Å². The second-order valence-corrected chi connectivity index (χ2v) is 5.35. The molecule has 1 atom stereocenters. The topological polar surface area (TPSA) is 134 Å². The van der Waals surface area contributed by atoms with Crippen LogP contribution in [0.5, 0.6) is 0 Å². The molecule has 1 aliphatic heterocycles. The molecule has 4 amide bonds. The maximum absolute atomic E-state index is 12.9. The Labute approximate surface area is 138 Å². The standard InChI is InChI=1S/C15H19N5O4/c1-8-4-3-5-9(13(22)17-2)12(8)15(24)20(19-16)10-6-7-11(21)18-14(10)23/h3-5,10,19H,6-7,16H2,1-2H3,(H,17,22)(H,18,21,23). The van der Waals surface area contributed by atoms with Gasteiger partial charge in [-0.25, -0.2) is 5.01 Å². The largest absolute Gasteiger partial charge is 0.355 e. The summed E-state index contributed by atoms with van der Waals surface area (Å²) >= 11 is 0. The first kappa shape index (κ1) is 17.6. The fraction of sp³-hybridized carbons (Fsp3) is 0.333. The summed E-state index contributed by atoms with van der Waals surface area (Å²) in [5, 5.41) is 5.58. The molecule has 1 aliphatic rings. The van der Waals surface area contributed by atoms with E-state index in [2.05, 4.69) is 16.2 Å². The first-order valence-electron chi connectivity index (χ1n) is 7.36. The Bertz CT molecular complexity index is 703. The second kappa shape index (κ2) is 7.20. The number of nitrogens with two attached hydrogens (primary N) is 1. The summed E-state index contributed by atoms with van der Waals surface area (Å²) in [4.78, 5) is 48.2. The van der Waals surface area contributed by atoms with E-state index in [0.29, 0.717) is 5.56 Å². The highest BCUT2D eigenvalue weighted by molar-refractivity contribution is 6.09. The molecule has 24 heavy (non-hydrogen) atoms. The third-order valence-electron chi connectivity index (χ3n) is 3.84. The Morgan fingerprint density at radius 2 is 2.04 bits per heavy atom. The number of carbonyl (C=O) groups excluding carboxylic acids is 4. The number of hydrogen-bond donors (Lipinski definition) is 4. The number of benzene rings is 1. The minimum atomic E-state index is -0.947. The molecule has 0 radical (unpaired) electrons. The van der Waals surface area contributed by atoms with Crippen LogP contribution in [0.2, 0.25) is 0 Å². The molecule has 1 heterocycles. The van der Waals surface area contributed by atoms with E-state index in [1.165, 1.54) is 13.1 Å². The molecule has 0 spiro atoms. The van der Waals surface area contributed by atoms with Crippen LogP contribution < -0.4 is 22.0 Å². The number of nitrogens with zero attached hydrogens (tertiary/aromatic N) is 1. The number of amides is 4. The molecule has 0 bridgehead atoms. The molecule has 0 aliphatic carbocycles. The Hall–Kier alpha value is -2.78. The fourth-order valence-corrected chi connectivity index (χ4v) is 2.61. The number of hydrogen-bond acceptors (Lipinski definition) is 6. The van der Waals surface area contributed by atoms with Crippen LogP contribution in [0, 0.1) is 6.92 Å². The van der Waals surface area contributed by atoms with Gasteiger partial charge in [0.05, 0.1) is 11.1 Å². The minimum absolute atomic E-state index is 0.0952. The summed E-state index contributed by atoms with van der Waals surface area (Å²) in [6.45, 7) is 1.68. The summed E-state index contributed by atoms with van der Waals surface area (Å²) in [6.07, 6.45) is 0.236. The number of imide groups is 1. The van der Waals surface area contributed by atoms with Crippen molar-refractivity contribution in [3.63, 3.8) is 0 Å². The van der Waals surface area contributed by atoms with Crippen molar-refractivity contribution in [3.05, 3.63) is 34.9 Å². The number of rotatable bonds is 4. The van der Waals surface area contributed by atoms with Crippen LogP contribution in [0.15, 0.2) is 18.2 Å². The summed E-state index contributed by atoms with van der Waals surface area (Å²) in [5.74, 6) is 3.37. The van der Waals surface area contributed by atoms with Gasteiger partial charge in [0.15, 0.2) is 0 Å². The summed E-state index contributed by atoms with van der Waals surface area (Å²) in [6, 6.07) is 3.90. The highest BCUT2D eigenvalue weighted by Crippen LogP contribution is 2.19. The molecular weight excluding hydrogens is 314 g/mol. The van der Waals surface area contributed by atoms with E-state index in [4.69, 9.17) is 5.84 Å². The summed E-state index contributed by atoms with van der Waals surface area (Å²) in [7, 11) is 1.46. The smallest absolute Gasteiger partial charge is 0.270 e. The Morgan fingerprint density at radius 1 is 1.33 bits per heavy atom. The van der Waals surface area contributed by atoms with E-state index < -0.39 is 29.7 Å². The summed E-state index contributed by atoms with van der Waals surface area (Å²) < 4.78 is 0. The first-order valence-corrected chi connectivity index (χ1v) is 7.36. The highest BCUT2D eigenvalue weighted by Gasteiger charge is 2.36. The maximum Gasteiger partial charge on any atom is 0.270 e. The van der Waals surface area contributed by atoms with Crippen molar-refractivity contribution in [1.29, 1.82) is 0 Å². The molecule has 1 aromatic rings. The van der Waals surface area contributed by atoms with E-state index in [-0.39, 0.29) is 24.0 Å². The van der Waals surface area contributed by atoms with Gasteiger partial charge in [0.25, 0.3) is 17.7 Å². The second-order valence-electron chi connectivity index (χ2n) is 5.35. The summed E-state index contributed by atoms with van der Waals surface area (Å²) in [5.41, 5.74) is 3.08.